The average Bonchev–Trinajstić information content (AvgIpc) is 2.89. The fourth-order valence-electron chi connectivity index (χ4n) is 2.24. The van der Waals surface area contributed by atoms with Gasteiger partial charge in [0.05, 0.1) is 5.69 Å². The van der Waals surface area contributed by atoms with Gasteiger partial charge in [-0.2, -0.15) is 0 Å². The van der Waals surface area contributed by atoms with E-state index >= 15 is 0 Å². The van der Waals surface area contributed by atoms with Crippen molar-refractivity contribution in [2.24, 2.45) is 10.2 Å². The van der Waals surface area contributed by atoms with Crippen LogP contribution in [0.3, 0.4) is 0 Å². The van der Waals surface area contributed by atoms with Gasteiger partial charge in [0.1, 0.15) is 5.69 Å². The van der Waals surface area contributed by atoms with E-state index in [9.17, 15) is 0 Å². The minimum Gasteiger partial charge on any atom is -0.375 e. The second-order valence-corrected chi connectivity index (χ2v) is 6.02. The summed E-state index contributed by atoms with van der Waals surface area (Å²) in [7, 11) is 0. The first-order valence-electron chi connectivity index (χ1n) is 6.95. The standard InChI is InChI=1S/C17H16N4S/c1-11-7-6-8-12(2)14(11)20-21-16-15(19-17(18)22-16)13-9-4-3-5-10-13/h3-10H,1-2H3,(H2,18,19). The van der Waals surface area contributed by atoms with Crippen molar-refractivity contribution in [1.29, 1.82) is 0 Å². The fraction of sp³-hybridized carbons (Fsp3) is 0.118. The third-order valence-electron chi connectivity index (χ3n) is 3.35. The summed E-state index contributed by atoms with van der Waals surface area (Å²) in [5, 5.41) is 10.0. The molecule has 4 nitrogen and oxygen atoms in total. The number of nitrogens with zero attached hydrogens (tertiary/aromatic N) is 3. The molecule has 3 rings (SSSR count). The highest BCUT2D eigenvalue weighted by atomic mass is 32.1. The number of thiazole rings is 1. The van der Waals surface area contributed by atoms with Crippen LogP contribution in [0.15, 0.2) is 58.8 Å². The lowest BCUT2D eigenvalue weighted by molar-refractivity contribution is 1.19. The molecule has 0 unspecified atom stereocenters. The molecule has 0 spiro atoms. The summed E-state index contributed by atoms with van der Waals surface area (Å²) >= 11 is 1.35. The Morgan fingerprint density at radius 3 is 2.27 bits per heavy atom. The zero-order chi connectivity index (χ0) is 15.5. The Morgan fingerprint density at radius 2 is 1.59 bits per heavy atom. The van der Waals surface area contributed by atoms with Gasteiger partial charge in [0.25, 0.3) is 0 Å². The van der Waals surface area contributed by atoms with Gasteiger partial charge in [0.15, 0.2) is 10.1 Å². The van der Waals surface area contributed by atoms with Crippen molar-refractivity contribution in [1.82, 2.24) is 4.98 Å². The number of benzene rings is 2. The molecule has 0 aliphatic carbocycles. The summed E-state index contributed by atoms with van der Waals surface area (Å²) in [6, 6.07) is 16.0. The van der Waals surface area contributed by atoms with E-state index in [4.69, 9.17) is 5.73 Å². The van der Waals surface area contributed by atoms with Gasteiger partial charge in [0.2, 0.25) is 0 Å². The third kappa shape index (κ3) is 2.89. The number of hydrogen-bond acceptors (Lipinski definition) is 5. The highest BCUT2D eigenvalue weighted by Crippen LogP contribution is 2.38. The van der Waals surface area contributed by atoms with E-state index in [1.807, 2.05) is 62.4 Å². The van der Waals surface area contributed by atoms with Crippen molar-refractivity contribution < 1.29 is 0 Å². The number of azo groups is 1. The number of rotatable bonds is 3. The lowest BCUT2D eigenvalue weighted by atomic mass is 10.1. The summed E-state index contributed by atoms with van der Waals surface area (Å²) in [4.78, 5) is 4.38. The Balaban J connectivity index is 2.02. The lowest BCUT2D eigenvalue weighted by Gasteiger charge is -2.02. The van der Waals surface area contributed by atoms with Crippen LogP contribution in [-0.4, -0.2) is 4.98 Å². The van der Waals surface area contributed by atoms with E-state index in [0.717, 1.165) is 33.1 Å². The second-order valence-electron chi connectivity index (χ2n) is 5.01. The molecule has 2 N–H and O–H groups in total. The summed E-state index contributed by atoms with van der Waals surface area (Å²) in [6.45, 7) is 4.06. The molecular formula is C17H16N4S. The SMILES string of the molecule is Cc1cccc(C)c1N=Nc1sc(N)nc1-c1ccccc1. The Hall–Kier alpha value is -2.53. The van der Waals surface area contributed by atoms with Crippen LogP contribution in [0.4, 0.5) is 15.8 Å². The fourth-order valence-corrected chi connectivity index (χ4v) is 2.92. The van der Waals surface area contributed by atoms with E-state index < -0.39 is 0 Å². The number of hydrogen-bond donors (Lipinski definition) is 1. The topological polar surface area (TPSA) is 63.6 Å². The molecule has 5 heteroatoms. The molecule has 1 aromatic heterocycles. The monoisotopic (exact) mass is 308 g/mol. The summed E-state index contributed by atoms with van der Waals surface area (Å²) in [5.41, 5.74) is 10.7. The molecule has 2 aromatic carbocycles. The van der Waals surface area contributed by atoms with Gasteiger partial charge in [-0.3, -0.25) is 0 Å². The van der Waals surface area contributed by atoms with Crippen LogP contribution >= 0.6 is 11.3 Å². The summed E-state index contributed by atoms with van der Waals surface area (Å²) < 4.78 is 0. The normalized spacial score (nSPS) is 11.2. The van der Waals surface area contributed by atoms with Crippen LogP contribution in [0.2, 0.25) is 0 Å². The first-order chi connectivity index (χ1) is 10.6. The molecule has 0 radical (unpaired) electrons. The smallest absolute Gasteiger partial charge is 0.182 e. The third-order valence-corrected chi connectivity index (χ3v) is 4.12. The van der Waals surface area contributed by atoms with Crippen molar-refractivity contribution in [3.8, 4) is 11.3 Å². The van der Waals surface area contributed by atoms with Gasteiger partial charge in [-0.15, -0.1) is 10.2 Å². The Labute approximate surface area is 133 Å². The second kappa shape index (κ2) is 6.07. The number of anilines is 1. The van der Waals surface area contributed by atoms with Gasteiger partial charge in [0, 0.05) is 5.56 Å². The quantitative estimate of drug-likeness (QED) is 0.656. The minimum atomic E-state index is 0.495. The van der Waals surface area contributed by atoms with Crippen LogP contribution < -0.4 is 5.73 Å². The molecule has 22 heavy (non-hydrogen) atoms. The number of aryl methyl sites for hydroxylation is 2. The number of nitrogens with two attached hydrogens (primary N) is 1. The average molecular weight is 308 g/mol. The first kappa shape index (κ1) is 14.4. The summed E-state index contributed by atoms with van der Waals surface area (Å²) in [5.74, 6) is 0. The predicted octanol–water partition coefficient (Wildman–Crippen LogP) is 5.42. The molecule has 0 saturated carbocycles. The van der Waals surface area contributed by atoms with E-state index in [2.05, 4.69) is 15.2 Å². The first-order valence-corrected chi connectivity index (χ1v) is 7.76. The van der Waals surface area contributed by atoms with Crippen LogP contribution in [0.1, 0.15) is 11.1 Å². The molecule has 0 aliphatic heterocycles. The molecular weight excluding hydrogens is 292 g/mol. The van der Waals surface area contributed by atoms with Crippen molar-refractivity contribution >= 4 is 27.2 Å². The van der Waals surface area contributed by atoms with Crippen molar-refractivity contribution in [3.05, 3.63) is 59.7 Å². The van der Waals surface area contributed by atoms with Gasteiger partial charge in [-0.25, -0.2) is 4.98 Å². The number of nitrogen functional groups attached to an aromatic ring is 1. The lowest BCUT2D eigenvalue weighted by Crippen LogP contribution is -1.82. The maximum Gasteiger partial charge on any atom is 0.182 e. The van der Waals surface area contributed by atoms with Gasteiger partial charge >= 0.3 is 0 Å². The minimum absolute atomic E-state index is 0.495. The van der Waals surface area contributed by atoms with E-state index in [0.29, 0.717) is 5.13 Å². The molecule has 0 saturated heterocycles. The zero-order valence-corrected chi connectivity index (χ0v) is 13.3. The van der Waals surface area contributed by atoms with Gasteiger partial charge < -0.3 is 5.73 Å². The molecule has 0 bridgehead atoms. The molecule has 0 amide bonds. The molecule has 1 heterocycles. The van der Waals surface area contributed by atoms with Crippen molar-refractivity contribution in [3.63, 3.8) is 0 Å². The largest absolute Gasteiger partial charge is 0.375 e. The maximum absolute atomic E-state index is 5.85. The molecule has 0 aliphatic rings. The zero-order valence-electron chi connectivity index (χ0n) is 12.4. The van der Waals surface area contributed by atoms with Gasteiger partial charge in [-0.05, 0) is 25.0 Å². The predicted molar refractivity (Wildman–Crippen MR) is 92.1 cm³/mol. The van der Waals surface area contributed by atoms with Crippen LogP contribution in [0.5, 0.6) is 0 Å². The van der Waals surface area contributed by atoms with E-state index in [1.165, 1.54) is 11.3 Å². The number of aromatic nitrogens is 1. The van der Waals surface area contributed by atoms with Gasteiger partial charge in [-0.1, -0.05) is 59.9 Å². The Bertz CT molecular complexity index is 802. The van der Waals surface area contributed by atoms with Crippen LogP contribution in [0.25, 0.3) is 11.3 Å². The summed E-state index contributed by atoms with van der Waals surface area (Å²) in [6.07, 6.45) is 0. The molecule has 0 atom stereocenters. The maximum atomic E-state index is 5.85. The van der Waals surface area contributed by atoms with E-state index in [-0.39, 0.29) is 0 Å². The molecule has 110 valence electrons. The molecule has 3 aromatic rings. The van der Waals surface area contributed by atoms with Crippen molar-refractivity contribution in [2.75, 3.05) is 5.73 Å². The van der Waals surface area contributed by atoms with Crippen molar-refractivity contribution in [2.45, 2.75) is 13.8 Å². The highest BCUT2D eigenvalue weighted by molar-refractivity contribution is 7.19. The Kier molecular flexibility index (Phi) is 3.98. The van der Waals surface area contributed by atoms with Crippen LogP contribution in [-0.2, 0) is 0 Å². The Morgan fingerprint density at radius 1 is 0.909 bits per heavy atom. The van der Waals surface area contributed by atoms with Crippen LogP contribution in [0, 0.1) is 13.8 Å². The highest BCUT2D eigenvalue weighted by Gasteiger charge is 2.11. The van der Waals surface area contributed by atoms with E-state index in [1.54, 1.807) is 0 Å². The molecule has 0 fully saturated rings.